The van der Waals surface area contributed by atoms with Gasteiger partial charge < -0.3 is 5.32 Å². The lowest BCUT2D eigenvalue weighted by Crippen LogP contribution is -2.25. The Bertz CT molecular complexity index is 610. The van der Waals surface area contributed by atoms with Gasteiger partial charge in [0.2, 0.25) is 0 Å². The molecule has 5 heteroatoms. The summed E-state index contributed by atoms with van der Waals surface area (Å²) in [6, 6.07) is 7.23. The van der Waals surface area contributed by atoms with E-state index in [-0.39, 0.29) is 16.9 Å². The van der Waals surface area contributed by atoms with Crippen LogP contribution in [0.15, 0.2) is 24.3 Å². The second-order valence-electron chi connectivity index (χ2n) is 5.07. The van der Waals surface area contributed by atoms with Crippen molar-refractivity contribution in [1.29, 1.82) is 0 Å². The molecular weight excluding hydrogens is 289 g/mol. The molecule has 21 heavy (non-hydrogen) atoms. The number of nitrogens with zero attached hydrogens (tertiary/aromatic N) is 2. The van der Waals surface area contributed by atoms with Crippen molar-refractivity contribution in [2.45, 2.75) is 32.7 Å². The lowest BCUT2D eigenvalue weighted by molar-refractivity contribution is 0.495. The Hall–Kier alpha value is -1.39. The summed E-state index contributed by atoms with van der Waals surface area (Å²) in [6.45, 7) is 4.92. The lowest BCUT2D eigenvalue weighted by Gasteiger charge is -2.19. The van der Waals surface area contributed by atoms with Gasteiger partial charge in [0.15, 0.2) is 0 Å². The maximum Gasteiger partial charge on any atom is 0.145 e. The van der Waals surface area contributed by atoms with E-state index < -0.39 is 0 Å². The number of halogens is 2. The van der Waals surface area contributed by atoms with Crippen LogP contribution in [0.3, 0.4) is 0 Å². The Kier molecular flexibility index (Phi) is 5.37. The molecule has 0 amide bonds. The highest BCUT2D eigenvalue weighted by Gasteiger charge is 2.18. The number of benzene rings is 1. The average molecular weight is 310 g/mol. The minimum Gasteiger partial charge on any atom is -0.309 e. The summed E-state index contributed by atoms with van der Waals surface area (Å²) in [4.78, 5) is 0. The molecule has 0 aliphatic carbocycles. The number of aryl methyl sites for hydroxylation is 2. The van der Waals surface area contributed by atoms with Gasteiger partial charge in [0, 0.05) is 7.05 Å². The molecule has 0 fully saturated rings. The van der Waals surface area contributed by atoms with Crippen LogP contribution in [0, 0.1) is 5.82 Å². The Labute approximate surface area is 130 Å². The van der Waals surface area contributed by atoms with E-state index in [0.29, 0.717) is 12.0 Å². The highest BCUT2D eigenvalue weighted by molar-refractivity contribution is 6.30. The first-order valence-corrected chi connectivity index (χ1v) is 7.63. The number of likely N-dealkylation sites (N-methyl/N-ethyl adjacent to an activating group) is 1. The van der Waals surface area contributed by atoms with Gasteiger partial charge in [-0.05, 0) is 37.1 Å². The lowest BCUT2D eigenvalue weighted by atomic mass is 10.0. The quantitative estimate of drug-likeness (QED) is 0.882. The van der Waals surface area contributed by atoms with E-state index in [0.717, 1.165) is 24.4 Å². The second-order valence-corrected chi connectivity index (χ2v) is 5.47. The van der Waals surface area contributed by atoms with Crippen LogP contribution in [0.1, 0.15) is 36.8 Å². The van der Waals surface area contributed by atoms with Crippen molar-refractivity contribution in [2.24, 2.45) is 7.05 Å². The fraction of sp³-hybridized carbons (Fsp3) is 0.438. The molecule has 1 unspecified atom stereocenters. The van der Waals surface area contributed by atoms with E-state index in [9.17, 15) is 4.39 Å². The fourth-order valence-electron chi connectivity index (χ4n) is 2.50. The molecule has 114 valence electrons. The van der Waals surface area contributed by atoms with Crippen LogP contribution >= 0.6 is 11.6 Å². The second kappa shape index (κ2) is 7.05. The van der Waals surface area contributed by atoms with Crippen molar-refractivity contribution >= 4 is 11.6 Å². The summed E-state index contributed by atoms with van der Waals surface area (Å²) in [6.07, 6.45) is 1.43. The fourth-order valence-corrected chi connectivity index (χ4v) is 2.69. The summed E-state index contributed by atoms with van der Waals surface area (Å²) in [5.74, 6) is -0.333. The first-order valence-electron chi connectivity index (χ1n) is 7.25. The molecular formula is C16H21ClFN3. The van der Waals surface area contributed by atoms with Crippen LogP contribution in [0.2, 0.25) is 5.02 Å². The van der Waals surface area contributed by atoms with Gasteiger partial charge in [0.1, 0.15) is 5.82 Å². The third-order valence-electron chi connectivity index (χ3n) is 3.59. The van der Waals surface area contributed by atoms with Gasteiger partial charge in [0.05, 0.1) is 22.5 Å². The summed E-state index contributed by atoms with van der Waals surface area (Å²) >= 11 is 5.87. The first kappa shape index (κ1) is 16.0. The first-order chi connectivity index (χ1) is 10.1. The van der Waals surface area contributed by atoms with E-state index in [2.05, 4.69) is 23.4 Å². The van der Waals surface area contributed by atoms with Gasteiger partial charge in [0.25, 0.3) is 0 Å². The molecule has 0 aliphatic heterocycles. The molecule has 1 heterocycles. The topological polar surface area (TPSA) is 29.9 Å². The highest BCUT2D eigenvalue weighted by atomic mass is 35.5. The van der Waals surface area contributed by atoms with Crippen LogP contribution < -0.4 is 5.32 Å². The average Bonchev–Trinajstić information content (AvgIpc) is 2.84. The Balaban J connectivity index is 2.30. The molecule has 2 aromatic rings. The predicted octanol–water partition coefficient (Wildman–Crippen LogP) is 3.67. The van der Waals surface area contributed by atoms with E-state index in [4.69, 9.17) is 11.6 Å². The van der Waals surface area contributed by atoms with Crippen LogP contribution in [0.25, 0.3) is 0 Å². The summed E-state index contributed by atoms with van der Waals surface area (Å²) in [5.41, 5.74) is 2.72. The number of aromatic nitrogens is 2. The van der Waals surface area contributed by atoms with Crippen molar-refractivity contribution in [3.05, 3.63) is 52.1 Å². The van der Waals surface area contributed by atoms with Gasteiger partial charge >= 0.3 is 0 Å². The standard InChI is InChI=1S/C16H21ClFN3/c1-4-12-10-15(21(3)20-12)14(19-5-2)9-11-7-6-8-13(17)16(11)18/h6-8,10,14,19H,4-5,9H2,1-3H3. The predicted molar refractivity (Wildman–Crippen MR) is 84.1 cm³/mol. The SMILES string of the molecule is CCNC(Cc1cccc(Cl)c1F)c1cc(CC)nn1C. The smallest absolute Gasteiger partial charge is 0.145 e. The number of rotatable bonds is 6. The highest BCUT2D eigenvalue weighted by Crippen LogP contribution is 2.24. The summed E-state index contributed by atoms with van der Waals surface area (Å²) < 4.78 is 16.0. The minimum atomic E-state index is -0.333. The van der Waals surface area contributed by atoms with Crippen molar-refractivity contribution in [2.75, 3.05) is 6.54 Å². The van der Waals surface area contributed by atoms with E-state index in [1.165, 1.54) is 0 Å². The van der Waals surface area contributed by atoms with Gasteiger partial charge in [-0.3, -0.25) is 4.68 Å². The number of hydrogen-bond donors (Lipinski definition) is 1. The molecule has 0 spiro atoms. The van der Waals surface area contributed by atoms with Crippen LogP contribution in [-0.4, -0.2) is 16.3 Å². The molecule has 1 atom stereocenters. The molecule has 0 radical (unpaired) electrons. The molecule has 1 N–H and O–H groups in total. The third-order valence-corrected chi connectivity index (χ3v) is 3.88. The van der Waals surface area contributed by atoms with Crippen molar-refractivity contribution in [1.82, 2.24) is 15.1 Å². The van der Waals surface area contributed by atoms with Crippen LogP contribution in [-0.2, 0) is 19.9 Å². The monoisotopic (exact) mass is 309 g/mol. The zero-order chi connectivity index (χ0) is 15.4. The Morgan fingerprint density at radius 1 is 1.38 bits per heavy atom. The van der Waals surface area contributed by atoms with E-state index in [1.54, 1.807) is 18.2 Å². The molecule has 0 saturated carbocycles. The maximum atomic E-state index is 14.1. The zero-order valence-corrected chi connectivity index (χ0v) is 13.4. The molecule has 0 aliphatic rings. The molecule has 2 rings (SSSR count). The Morgan fingerprint density at radius 3 is 2.76 bits per heavy atom. The van der Waals surface area contributed by atoms with Gasteiger partial charge in [-0.2, -0.15) is 5.10 Å². The molecule has 0 bridgehead atoms. The van der Waals surface area contributed by atoms with E-state index >= 15 is 0 Å². The minimum absolute atomic E-state index is 0.0146. The normalized spacial score (nSPS) is 12.6. The number of hydrogen-bond acceptors (Lipinski definition) is 2. The van der Waals surface area contributed by atoms with Gasteiger partial charge in [-0.1, -0.05) is 37.6 Å². The zero-order valence-electron chi connectivity index (χ0n) is 12.7. The van der Waals surface area contributed by atoms with Gasteiger partial charge in [-0.25, -0.2) is 4.39 Å². The van der Waals surface area contributed by atoms with Crippen molar-refractivity contribution in [3.8, 4) is 0 Å². The maximum absolute atomic E-state index is 14.1. The van der Waals surface area contributed by atoms with Crippen LogP contribution in [0.4, 0.5) is 4.39 Å². The molecule has 1 aromatic carbocycles. The van der Waals surface area contributed by atoms with Crippen molar-refractivity contribution in [3.63, 3.8) is 0 Å². The largest absolute Gasteiger partial charge is 0.309 e. The number of nitrogens with one attached hydrogen (secondary N) is 1. The third kappa shape index (κ3) is 3.63. The van der Waals surface area contributed by atoms with Gasteiger partial charge in [-0.15, -0.1) is 0 Å². The molecule has 3 nitrogen and oxygen atoms in total. The summed E-state index contributed by atoms with van der Waals surface area (Å²) in [5, 5.41) is 8.04. The molecule has 1 aromatic heterocycles. The Morgan fingerprint density at radius 2 is 2.14 bits per heavy atom. The summed E-state index contributed by atoms with van der Waals surface area (Å²) in [7, 11) is 1.92. The van der Waals surface area contributed by atoms with Crippen LogP contribution in [0.5, 0.6) is 0 Å². The van der Waals surface area contributed by atoms with Crippen molar-refractivity contribution < 1.29 is 4.39 Å². The molecule has 0 saturated heterocycles. The van der Waals surface area contributed by atoms with E-state index in [1.807, 2.05) is 18.7 Å².